The maximum atomic E-state index is 5.92. The standard InChI is InChI=1S/C16H21N3OS2/c1-21-12-6-7-19(9-12)10-15-17-18-16(20-15)14-8-11-4-2-3-5-13(11)22-14/h8,12H,2-7,9-10H2,1H3/t12-/m0/s1. The summed E-state index contributed by atoms with van der Waals surface area (Å²) in [5.41, 5.74) is 1.49. The van der Waals surface area contributed by atoms with Gasteiger partial charge in [-0.1, -0.05) is 0 Å². The van der Waals surface area contributed by atoms with Crippen LogP contribution >= 0.6 is 23.1 Å². The summed E-state index contributed by atoms with van der Waals surface area (Å²) in [6.07, 6.45) is 8.50. The van der Waals surface area contributed by atoms with Gasteiger partial charge in [0.25, 0.3) is 5.89 Å². The third kappa shape index (κ3) is 2.96. The van der Waals surface area contributed by atoms with Gasteiger partial charge in [0.05, 0.1) is 11.4 Å². The third-order valence-electron chi connectivity index (χ3n) is 4.60. The van der Waals surface area contributed by atoms with E-state index in [0.29, 0.717) is 5.89 Å². The van der Waals surface area contributed by atoms with Crippen LogP contribution in [-0.2, 0) is 19.4 Å². The molecule has 22 heavy (non-hydrogen) atoms. The van der Waals surface area contributed by atoms with Crippen LogP contribution in [0.1, 0.15) is 35.6 Å². The molecule has 6 heteroatoms. The zero-order chi connectivity index (χ0) is 14.9. The fourth-order valence-corrected chi connectivity index (χ4v) is 5.21. The zero-order valence-electron chi connectivity index (χ0n) is 12.9. The molecular weight excluding hydrogens is 314 g/mol. The molecule has 118 valence electrons. The maximum Gasteiger partial charge on any atom is 0.257 e. The van der Waals surface area contributed by atoms with Gasteiger partial charge >= 0.3 is 0 Å². The molecule has 1 aliphatic carbocycles. The summed E-state index contributed by atoms with van der Waals surface area (Å²) in [5.74, 6) is 1.46. The van der Waals surface area contributed by atoms with Crippen molar-refractivity contribution in [1.82, 2.24) is 15.1 Å². The minimum atomic E-state index is 0.704. The van der Waals surface area contributed by atoms with Crippen LogP contribution in [0.4, 0.5) is 0 Å². The minimum Gasteiger partial charge on any atom is -0.419 e. The largest absolute Gasteiger partial charge is 0.419 e. The van der Waals surface area contributed by atoms with Crippen LogP contribution in [0, 0.1) is 0 Å². The number of hydrogen-bond donors (Lipinski definition) is 0. The van der Waals surface area contributed by atoms with E-state index in [-0.39, 0.29) is 0 Å². The van der Waals surface area contributed by atoms with E-state index in [1.165, 1.54) is 42.5 Å². The van der Waals surface area contributed by atoms with E-state index in [1.54, 1.807) is 0 Å². The molecule has 0 unspecified atom stereocenters. The number of likely N-dealkylation sites (tertiary alicyclic amines) is 1. The Kier molecular flexibility index (Phi) is 4.24. The van der Waals surface area contributed by atoms with Crippen LogP contribution < -0.4 is 0 Å². The van der Waals surface area contributed by atoms with Gasteiger partial charge in [0.2, 0.25) is 5.89 Å². The van der Waals surface area contributed by atoms with Crippen molar-refractivity contribution in [2.24, 2.45) is 0 Å². The lowest BCUT2D eigenvalue weighted by Gasteiger charge is -2.11. The molecule has 4 nitrogen and oxygen atoms in total. The first kappa shape index (κ1) is 14.7. The highest BCUT2D eigenvalue weighted by molar-refractivity contribution is 7.99. The molecule has 0 saturated carbocycles. The van der Waals surface area contributed by atoms with Crippen LogP contribution in [0.5, 0.6) is 0 Å². The Labute approximate surface area is 139 Å². The quantitative estimate of drug-likeness (QED) is 0.854. The van der Waals surface area contributed by atoms with Crippen molar-refractivity contribution < 1.29 is 4.42 Å². The summed E-state index contributed by atoms with van der Waals surface area (Å²) in [6, 6.07) is 2.26. The lowest BCUT2D eigenvalue weighted by Crippen LogP contribution is -2.20. The summed E-state index contributed by atoms with van der Waals surface area (Å²) < 4.78 is 5.92. The molecule has 0 N–H and O–H groups in total. The highest BCUT2D eigenvalue weighted by Gasteiger charge is 2.24. The molecule has 1 saturated heterocycles. The monoisotopic (exact) mass is 335 g/mol. The second-order valence-corrected chi connectivity index (χ2v) is 8.42. The number of thiophene rings is 1. The van der Waals surface area contributed by atoms with Crippen LogP contribution in [0.15, 0.2) is 10.5 Å². The van der Waals surface area contributed by atoms with E-state index in [9.17, 15) is 0 Å². The molecule has 3 heterocycles. The van der Waals surface area contributed by atoms with Crippen molar-refractivity contribution >= 4 is 23.1 Å². The summed E-state index contributed by atoms with van der Waals surface area (Å²) >= 11 is 3.79. The molecule has 0 amide bonds. The number of thioether (sulfide) groups is 1. The molecule has 0 spiro atoms. The highest BCUT2D eigenvalue weighted by Crippen LogP contribution is 2.35. The average molecular weight is 335 g/mol. The molecule has 0 aromatic carbocycles. The Morgan fingerprint density at radius 1 is 1.36 bits per heavy atom. The number of aromatic nitrogens is 2. The fraction of sp³-hybridized carbons (Fsp3) is 0.625. The molecule has 0 radical (unpaired) electrons. The first-order valence-corrected chi connectivity index (χ1v) is 10.1. The van der Waals surface area contributed by atoms with E-state index in [1.807, 2.05) is 23.1 Å². The summed E-state index contributed by atoms with van der Waals surface area (Å²) in [4.78, 5) is 5.08. The Hall–Kier alpha value is -0.850. The summed E-state index contributed by atoms with van der Waals surface area (Å²) in [6.45, 7) is 3.05. The topological polar surface area (TPSA) is 42.2 Å². The number of hydrogen-bond acceptors (Lipinski definition) is 6. The second-order valence-electron chi connectivity index (χ2n) is 6.15. The zero-order valence-corrected chi connectivity index (χ0v) is 14.5. The first-order valence-electron chi connectivity index (χ1n) is 8.01. The van der Waals surface area contributed by atoms with Crippen molar-refractivity contribution in [2.45, 2.75) is 43.9 Å². The SMILES string of the molecule is CS[C@H]1CCN(Cc2nnc(-c3cc4c(s3)CCCC4)o2)C1. The van der Waals surface area contributed by atoms with Gasteiger partial charge in [-0.05, 0) is 56.5 Å². The molecule has 2 aromatic rings. The Morgan fingerprint density at radius 3 is 3.09 bits per heavy atom. The number of nitrogens with zero attached hydrogens (tertiary/aromatic N) is 3. The summed E-state index contributed by atoms with van der Waals surface area (Å²) in [7, 11) is 0. The van der Waals surface area contributed by atoms with E-state index < -0.39 is 0 Å². The van der Waals surface area contributed by atoms with Crippen molar-refractivity contribution in [3.8, 4) is 10.8 Å². The van der Waals surface area contributed by atoms with E-state index in [0.717, 1.165) is 35.7 Å². The van der Waals surface area contributed by atoms with Gasteiger partial charge in [-0.15, -0.1) is 21.5 Å². The molecule has 1 aliphatic heterocycles. The predicted octanol–water partition coefficient (Wildman–Crippen LogP) is 3.61. The van der Waals surface area contributed by atoms with Gasteiger partial charge in [0, 0.05) is 16.7 Å². The second kappa shape index (κ2) is 6.34. The molecular formula is C16H21N3OS2. The van der Waals surface area contributed by atoms with E-state index in [4.69, 9.17) is 4.42 Å². The molecule has 4 rings (SSSR count). The van der Waals surface area contributed by atoms with E-state index in [2.05, 4.69) is 27.4 Å². The van der Waals surface area contributed by atoms with Crippen LogP contribution in [-0.4, -0.2) is 39.7 Å². The Balaban J connectivity index is 1.46. The molecule has 2 aromatic heterocycles. The smallest absolute Gasteiger partial charge is 0.257 e. The average Bonchev–Trinajstić information content (AvgIpc) is 3.26. The van der Waals surface area contributed by atoms with Crippen molar-refractivity contribution in [3.05, 3.63) is 22.4 Å². The van der Waals surface area contributed by atoms with Crippen LogP contribution in [0.2, 0.25) is 0 Å². The Bertz CT molecular complexity index is 628. The molecule has 2 aliphatic rings. The van der Waals surface area contributed by atoms with Gasteiger partial charge in [0.1, 0.15) is 0 Å². The third-order valence-corrected chi connectivity index (χ3v) is 6.87. The van der Waals surface area contributed by atoms with Gasteiger partial charge in [-0.3, -0.25) is 4.90 Å². The molecule has 1 fully saturated rings. The predicted molar refractivity (Wildman–Crippen MR) is 91.5 cm³/mol. The van der Waals surface area contributed by atoms with Crippen LogP contribution in [0.3, 0.4) is 0 Å². The maximum absolute atomic E-state index is 5.92. The summed E-state index contributed by atoms with van der Waals surface area (Å²) in [5, 5.41) is 9.28. The Morgan fingerprint density at radius 2 is 2.27 bits per heavy atom. The first-order chi connectivity index (χ1) is 10.8. The van der Waals surface area contributed by atoms with Gasteiger partial charge in [-0.25, -0.2) is 0 Å². The lowest BCUT2D eigenvalue weighted by molar-refractivity contribution is 0.293. The van der Waals surface area contributed by atoms with Crippen LogP contribution in [0.25, 0.3) is 10.8 Å². The lowest BCUT2D eigenvalue weighted by atomic mass is 9.99. The van der Waals surface area contributed by atoms with Crippen molar-refractivity contribution in [2.75, 3.05) is 19.3 Å². The molecule has 1 atom stereocenters. The highest BCUT2D eigenvalue weighted by atomic mass is 32.2. The number of aryl methyl sites for hydroxylation is 2. The minimum absolute atomic E-state index is 0.704. The number of fused-ring (bicyclic) bond motifs is 1. The van der Waals surface area contributed by atoms with Gasteiger partial charge in [-0.2, -0.15) is 11.8 Å². The van der Waals surface area contributed by atoms with Crippen molar-refractivity contribution in [3.63, 3.8) is 0 Å². The normalized spacial score (nSPS) is 22.1. The fourth-order valence-electron chi connectivity index (χ4n) is 3.34. The number of rotatable bonds is 4. The van der Waals surface area contributed by atoms with E-state index >= 15 is 0 Å². The van der Waals surface area contributed by atoms with Gasteiger partial charge in [0.15, 0.2) is 0 Å². The van der Waals surface area contributed by atoms with Crippen molar-refractivity contribution in [1.29, 1.82) is 0 Å². The van der Waals surface area contributed by atoms with Gasteiger partial charge < -0.3 is 4.42 Å². The molecule has 0 bridgehead atoms.